The van der Waals surface area contributed by atoms with Gasteiger partial charge in [-0.25, -0.2) is 9.13 Å². The fourth-order valence-corrected chi connectivity index (χ4v) is 0.689. The number of thiol groups is 1. The lowest BCUT2D eigenvalue weighted by atomic mass is 10.7. The van der Waals surface area contributed by atoms with Gasteiger partial charge in [0, 0.05) is 0 Å². The van der Waals surface area contributed by atoms with E-state index >= 15 is 0 Å². The van der Waals surface area contributed by atoms with Crippen LogP contribution in [-0.4, -0.2) is 4.57 Å². The minimum absolute atomic E-state index is 0. The maximum atomic E-state index is 2.12. The molecule has 3 heteroatoms. The zero-order valence-electron chi connectivity index (χ0n) is 5.78. The van der Waals surface area contributed by atoms with Crippen molar-refractivity contribution in [1.29, 1.82) is 0 Å². The molecule has 0 atom stereocenters. The third-order valence-corrected chi connectivity index (χ3v) is 1.19. The molecule has 1 rings (SSSR count). The van der Waals surface area contributed by atoms with Crippen LogP contribution in [0.25, 0.3) is 0 Å². The first kappa shape index (κ1) is 8.56. The van der Waals surface area contributed by atoms with Crippen LogP contribution < -0.4 is 4.57 Å². The second-order valence-corrected chi connectivity index (χ2v) is 1.91. The Labute approximate surface area is 62.6 Å². The summed E-state index contributed by atoms with van der Waals surface area (Å²) in [5.41, 5.74) is 0. The number of imidazole rings is 1. The van der Waals surface area contributed by atoms with E-state index < -0.39 is 0 Å². The zero-order valence-corrected chi connectivity index (χ0v) is 6.68. The van der Waals surface area contributed by atoms with Gasteiger partial charge in [-0.3, -0.25) is 0 Å². The smallest absolute Gasteiger partial charge is 0.243 e. The molecule has 1 aromatic heterocycles. The van der Waals surface area contributed by atoms with E-state index in [4.69, 9.17) is 0 Å². The van der Waals surface area contributed by atoms with Gasteiger partial charge in [0.25, 0.3) is 0 Å². The standard InChI is InChI=1S/C6H11N2.H2S/c1-3-8-5-4-7(2)6-8;/h4-6H,3H2,1-2H3;1H2/q+1;/p-1. The fourth-order valence-electron chi connectivity index (χ4n) is 0.689. The number of rotatable bonds is 1. The van der Waals surface area contributed by atoms with Crippen molar-refractivity contribution >= 4 is 13.5 Å². The lowest BCUT2D eigenvalue weighted by Crippen LogP contribution is -2.23. The summed E-state index contributed by atoms with van der Waals surface area (Å²) in [4.78, 5) is 0. The van der Waals surface area contributed by atoms with Crippen LogP contribution >= 0.6 is 0 Å². The highest BCUT2D eigenvalue weighted by Gasteiger charge is 1.92. The normalized spacial score (nSPS) is 8.67. The molecule has 0 fully saturated rings. The Bertz CT molecular complexity index is 171. The van der Waals surface area contributed by atoms with E-state index in [2.05, 4.69) is 24.0 Å². The van der Waals surface area contributed by atoms with Crippen molar-refractivity contribution in [3.63, 3.8) is 0 Å². The quantitative estimate of drug-likeness (QED) is 0.308. The van der Waals surface area contributed by atoms with Crippen LogP contribution in [0.15, 0.2) is 18.7 Å². The SMILES string of the molecule is CCn1cc[n+](C)c1.[SH-]. The molecule has 2 nitrogen and oxygen atoms in total. The Morgan fingerprint density at radius 2 is 2.22 bits per heavy atom. The van der Waals surface area contributed by atoms with Crippen molar-refractivity contribution in [3.05, 3.63) is 18.7 Å². The third-order valence-electron chi connectivity index (χ3n) is 1.19. The van der Waals surface area contributed by atoms with Crippen LogP contribution in [0.5, 0.6) is 0 Å². The second kappa shape index (κ2) is 3.56. The maximum Gasteiger partial charge on any atom is 0.243 e. The number of aromatic nitrogens is 2. The number of hydrogen-bond donors (Lipinski definition) is 0. The molecule has 0 aliphatic rings. The molecule has 0 aliphatic heterocycles. The maximum absolute atomic E-state index is 2.12. The lowest BCUT2D eigenvalue weighted by Gasteiger charge is -1.81. The van der Waals surface area contributed by atoms with Gasteiger partial charge < -0.3 is 13.5 Å². The molecule has 0 saturated heterocycles. The summed E-state index contributed by atoms with van der Waals surface area (Å²) in [7, 11) is 2.02. The van der Waals surface area contributed by atoms with E-state index in [0.29, 0.717) is 0 Å². The Morgan fingerprint density at radius 1 is 1.56 bits per heavy atom. The second-order valence-electron chi connectivity index (χ2n) is 1.91. The van der Waals surface area contributed by atoms with E-state index in [0.717, 1.165) is 6.54 Å². The zero-order chi connectivity index (χ0) is 5.98. The van der Waals surface area contributed by atoms with Crippen molar-refractivity contribution in [2.45, 2.75) is 13.5 Å². The molecule has 0 radical (unpaired) electrons. The van der Waals surface area contributed by atoms with Crippen LogP contribution in [0.4, 0.5) is 0 Å². The van der Waals surface area contributed by atoms with Crippen molar-refractivity contribution in [2.75, 3.05) is 0 Å². The highest BCUT2D eigenvalue weighted by atomic mass is 32.1. The summed E-state index contributed by atoms with van der Waals surface area (Å²) >= 11 is 0. The molecule has 52 valence electrons. The minimum atomic E-state index is 0. The monoisotopic (exact) mass is 144 g/mol. The van der Waals surface area contributed by atoms with Crippen LogP contribution in [0.1, 0.15) is 6.92 Å². The Balaban J connectivity index is 0.000000640. The molecule has 0 saturated carbocycles. The van der Waals surface area contributed by atoms with Gasteiger partial charge in [-0.2, -0.15) is 0 Å². The molecular formula is C6H12N2S. The minimum Gasteiger partial charge on any atom is -0.813 e. The van der Waals surface area contributed by atoms with E-state index in [1.807, 2.05) is 17.8 Å². The first-order valence-corrected chi connectivity index (χ1v) is 2.84. The molecule has 0 spiro atoms. The molecule has 1 aromatic rings. The van der Waals surface area contributed by atoms with Crippen molar-refractivity contribution in [2.24, 2.45) is 7.05 Å². The molecule has 0 aromatic carbocycles. The molecule has 0 bridgehead atoms. The van der Waals surface area contributed by atoms with Gasteiger partial charge in [-0.05, 0) is 6.92 Å². The molecule has 0 unspecified atom stereocenters. The molecule has 9 heavy (non-hydrogen) atoms. The van der Waals surface area contributed by atoms with Gasteiger partial charge in [0.2, 0.25) is 6.33 Å². The third kappa shape index (κ3) is 2.10. The summed E-state index contributed by atoms with van der Waals surface area (Å²) in [6, 6.07) is 0. The molecule has 1 heterocycles. The van der Waals surface area contributed by atoms with Crippen molar-refractivity contribution in [1.82, 2.24) is 4.57 Å². The summed E-state index contributed by atoms with van der Waals surface area (Å²) in [6.45, 7) is 3.18. The van der Waals surface area contributed by atoms with Crippen LogP contribution in [0.3, 0.4) is 0 Å². The molecule has 0 aliphatic carbocycles. The van der Waals surface area contributed by atoms with Crippen LogP contribution in [-0.2, 0) is 27.1 Å². The predicted octanol–water partition coefficient (Wildman–Crippen LogP) is 0.0624. The predicted molar refractivity (Wildman–Crippen MR) is 40.0 cm³/mol. The van der Waals surface area contributed by atoms with Crippen LogP contribution in [0, 0.1) is 0 Å². The largest absolute Gasteiger partial charge is 0.813 e. The molecular weight excluding hydrogens is 132 g/mol. The van der Waals surface area contributed by atoms with E-state index in [9.17, 15) is 0 Å². The van der Waals surface area contributed by atoms with Gasteiger partial charge >= 0.3 is 0 Å². The lowest BCUT2D eigenvalue weighted by molar-refractivity contribution is -0.671. The topological polar surface area (TPSA) is 8.81 Å². The summed E-state index contributed by atoms with van der Waals surface area (Å²) in [5.74, 6) is 0. The van der Waals surface area contributed by atoms with Crippen molar-refractivity contribution in [3.8, 4) is 0 Å². The summed E-state index contributed by atoms with van der Waals surface area (Å²) in [5, 5.41) is 0. The first-order chi connectivity index (χ1) is 3.83. The van der Waals surface area contributed by atoms with Gasteiger partial charge in [-0.15, -0.1) is 0 Å². The van der Waals surface area contributed by atoms with E-state index in [1.54, 1.807) is 0 Å². The summed E-state index contributed by atoms with van der Waals surface area (Å²) in [6.07, 6.45) is 6.14. The Kier molecular flexibility index (Phi) is 3.39. The van der Waals surface area contributed by atoms with Gasteiger partial charge in [-0.1, -0.05) is 0 Å². The van der Waals surface area contributed by atoms with Gasteiger partial charge in [0.1, 0.15) is 12.4 Å². The van der Waals surface area contributed by atoms with Gasteiger partial charge in [0.15, 0.2) is 0 Å². The highest BCUT2D eigenvalue weighted by Crippen LogP contribution is 1.79. The average Bonchev–Trinajstić information content (AvgIpc) is 2.14. The van der Waals surface area contributed by atoms with E-state index in [-0.39, 0.29) is 13.5 Å². The molecule has 0 amide bonds. The van der Waals surface area contributed by atoms with Gasteiger partial charge in [0.05, 0.1) is 13.6 Å². The van der Waals surface area contributed by atoms with Crippen molar-refractivity contribution < 1.29 is 4.57 Å². The Hall–Kier alpha value is -0.440. The number of aryl methyl sites for hydroxylation is 2. The average molecular weight is 144 g/mol. The van der Waals surface area contributed by atoms with Crippen LogP contribution in [0.2, 0.25) is 0 Å². The van der Waals surface area contributed by atoms with E-state index in [1.165, 1.54) is 0 Å². The number of nitrogens with zero attached hydrogens (tertiary/aromatic N) is 2. The number of hydrogen-bond acceptors (Lipinski definition) is 1. The molecule has 0 N–H and O–H groups in total. The Morgan fingerprint density at radius 3 is 2.44 bits per heavy atom. The fraction of sp³-hybridized carbons (Fsp3) is 0.500. The summed E-state index contributed by atoms with van der Waals surface area (Å²) < 4.78 is 4.16. The first-order valence-electron chi connectivity index (χ1n) is 2.84. The highest BCUT2D eigenvalue weighted by molar-refractivity contribution is 7.37.